The summed E-state index contributed by atoms with van der Waals surface area (Å²) in [5.41, 5.74) is 4.93. The first-order chi connectivity index (χ1) is 6.33. The molecule has 2 N–H and O–H groups in total. The molecule has 1 amide bonds. The van der Waals surface area contributed by atoms with Gasteiger partial charge in [-0.3, -0.25) is 10.2 Å². The van der Waals surface area contributed by atoms with Crippen molar-refractivity contribution in [3.63, 3.8) is 0 Å². The number of nitrogens with one attached hydrogen (secondary N) is 2. The zero-order valence-electron chi connectivity index (χ0n) is 7.41. The van der Waals surface area contributed by atoms with Crippen LogP contribution in [0.25, 0.3) is 0 Å². The van der Waals surface area contributed by atoms with Crippen LogP contribution >= 0.6 is 0 Å². The van der Waals surface area contributed by atoms with E-state index in [-0.39, 0.29) is 12.5 Å². The molecule has 0 bridgehead atoms. The van der Waals surface area contributed by atoms with E-state index in [9.17, 15) is 4.79 Å². The Morgan fingerprint density at radius 1 is 1.38 bits per heavy atom. The van der Waals surface area contributed by atoms with Gasteiger partial charge in [0.05, 0.1) is 0 Å². The van der Waals surface area contributed by atoms with Crippen LogP contribution in [0.2, 0.25) is 0 Å². The average Bonchev–Trinajstić information content (AvgIpc) is 2.17. The van der Waals surface area contributed by atoms with Gasteiger partial charge in [0, 0.05) is 7.05 Å². The standard InChI is InChI=1S/C9H12N2O2/c1-10-11-9(12)7-13-8-5-3-2-4-6-8/h2-6,10H,7H2,1H3,(H,11,12). The Hall–Kier alpha value is -1.55. The van der Waals surface area contributed by atoms with E-state index in [0.717, 1.165) is 0 Å². The lowest BCUT2D eigenvalue weighted by Gasteiger charge is -2.05. The summed E-state index contributed by atoms with van der Waals surface area (Å²) in [7, 11) is 1.63. The van der Waals surface area contributed by atoms with Crippen molar-refractivity contribution < 1.29 is 9.53 Å². The Morgan fingerprint density at radius 2 is 2.08 bits per heavy atom. The van der Waals surface area contributed by atoms with Crippen molar-refractivity contribution in [1.82, 2.24) is 10.9 Å². The number of hydrogen-bond acceptors (Lipinski definition) is 3. The first-order valence-corrected chi connectivity index (χ1v) is 3.96. The van der Waals surface area contributed by atoms with Gasteiger partial charge >= 0.3 is 0 Å². The molecule has 13 heavy (non-hydrogen) atoms. The largest absolute Gasteiger partial charge is 0.484 e. The number of carbonyl (C=O) groups excluding carboxylic acids is 1. The van der Waals surface area contributed by atoms with Gasteiger partial charge in [-0.1, -0.05) is 18.2 Å². The number of ether oxygens (including phenoxy) is 1. The lowest BCUT2D eigenvalue weighted by atomic mass is 10.3. The molecular weight excluding hydrogens is 168 g/mol. The van der Waals surface area contributed by atoms with Gasteiger partial charge in [-0.05, 0) is 12.1 Å². The normalized spacial score (nSPS) is 9.31. The van der Waals surface area contributed by atoms with E-state index < -0.39 is 0 Å². The van der Waals surface area contributed by atoms with E-state index in [0.29, 0.717) is 5.75 Å². The van der Waals surface area contributed by atoms with E-state index in [1.807, 2.05) is 18.2 Å². The van der Waals surface area contributed by atoms with Crippen LogP contribution in [0.15, 0.2) is 30.3 Å². The molecular formula is C9H12N2O2. The molecule has 0 saturated heterocycles. The number of rotatable bonds is 4. The van der Waals surface area contributed by atoms with Crippen LogP contribution in [-0.2, 0) is 4.79 Å². The highest BCUT2D eigenvalue weighted by atomic mass is 16.5. The second-order valence-electron chi connectivity index (χ2n) is 2.40. The lowest BCUT2D eigenvalue weighted by Crippen LogP contribution is -2.37. The zero-order valence-corrected chi connectivity index (χ0v) is 7.41. The fraction of sp³-hybridized carbons (Fsp3) is 0.222. The SMILES string of the molecule is CNNC(=O)COc1ccccc1. The van der Waals surface area contributed by atoms with Gasteiger partial charge in [0.25, 0.3) is 5.91 Å². The Kier molecular flexibility index (Phi) is 3.78. The molecule has 0 fully saturated rings. The maximum Gasteiger partial charge on any atom is 0.271 e. The second kappa shape index (κ2) is 5.16. The van der Waals surface area contributed by atoms with Crippen LogP contribution in [0.4, 0.5) is 0 Å². The molecule has 0 radical (unpaired) electrons. The van der Waals surface area contributed by atoms with Crippen molar-refractivity contribution in [3.05, 3.63) is 30.3 Å². The highest BCUT2D eigenvalue weighted by molar-refractivity contribution is 5.76. The van der Waals surface area contributed by atoms with Crippen LogP contribution in [-0.4, -0.2) is 19.6 Å². The Morgan fingerprint density at radius 3 is 2.69 bits per heavy atom. The molecule has 4 nitrogen and oxygen atoms in total. The minimum Gasteiger partial charge on any atom is -0.484 e. The summed E-state index contributed by atoms with van der Waals surface area (Å²) in [6, 6.07) is 9.19. The molecule has 0 aromatic heterocycles. The average molecular weight is 180 g/mol. The van der Waals surface area contributed by atoms with Gasteiger partial charge in [0.2, 0.25) is 0 Å². The summed E-state index contributed by atoms with van der Waals surface area (Å²) in [5.74, 6) is 0.486. The molecule has 0 spiro atoms. The smallest absolute Gasteiger partial charge is 0.271 e. The topological polar surface area (TPSA) is 50.4 Å². The first-order valence-electron chi connectivity index (χ1n) is 3.96. The zero-order chi connectivity index (χ0) is 9.52. The summed E-state index contributed by atoms with van der Waals surface area (Å²) in [5, 5.41) is 0. The van der Waals surface area contributed by atoms with Gasteiger partial charge in [-0.2, -0.15) is 0 Å². The number of hydrogen-bond donors (Lipinski definition) is 2. The molecule has 0 aliphatic heterocycles. The minimum atomic E-state index is -0.202. The predicted molar refractivity (Wildman–Crippen MR) is 49.1 cm³/mol. The number of para-hydroxylation sites is 1. The number of carbonyl (C=O) groups is 1. The molecule has 0 saturated carbocycles. The maximum absolute atomic E-state index is 10.9. The Bertz CT molecular complexity index is 262. The lowest BCUT2D eigenvalue weighted by molar-refractivity contribution is -0.123. The molecule has 1 rings (SSSR count). The summed E-state index contributed by atoms with van der Waals surface area (Å²) in [6.07, 6.45) is 0. The third kappa shape index (κ3) is 3.57. The van der Waals surface area contributed by atoms with Crippen molar-refractivity contribution in [2.24, 2.45) is 0 Å². The van der Waals surface area contributed by atoms with Crippen molar-refractivity contribution in [2.75, 3.05) is 13.7 Å². The highest BCUT2D eigenvalue weighted by Gasteiger charge is 1.99. The van der Waals surface area contributed by atoms with Gasteiger partial charge in [-0.25, -0.2) is 5.43 Å². The van der Waals surface area contributed by atoms with E-state index in [1.54, 1.807) is 19.2 Å². The van der Waals surface area contributed by atoms with Crippen molar-refractivity contribution in [2.45, 2.75) is 0 Å². The summed E-state index contributed by atoms with van der Waals surface area (Å²) in [4.78, 5) is 10.9. The molecule has 1 aromatic rings. The van der Waals surface area contributed by atoms with Crippen LogP contribution in [0, 0.1) is 0 Å². The molecule has 1 aromatic carbocycles. The minimum absolute atomic E-state index is 0.0187. The summed E-state index contributed by atoms with van der Waals surface area (Å²) < 4.78 is 5.17. The van der Waals surface area contributed by atoms with E-state index >= 15 is 0 Å². The quantitative estimate of drug-likeness (QED) is 0.656. The third-order valence-corrected chi connectivity index (χ3v) is 1.38. The molecule has 0 aliphatic rings. The molecule has 0 aliphatic carbocycles. The number of benzene rings is 1. The Labute approximate surface area is 76.9 Å². The van der Waals surface area contributed by atoms with Crippen molar-refractivity contribution >= 4 is 5.91 Å². The van der Waals surface area contributed by atoms with Gasteiger partial charge in [0.15, 0.2) is 6.61 Å². The molecule has 4 heteroatoms. The van der Waals surface area contributed by atoms with Crippen LogP contribution in [0.5, 0.6) is 5.75 Å². The monoisotopic (exact) mass is 180 g/mol. The number of hydrazine groups is 1. The predicted octanol–water partition coefficient (Wildman–Crippen LogP) is 0.316. The molecule has 70 valence electrons. The summed E-state index contributed by atoms with van der Waals surface area (Å²) in [6.45, 7) is 0.0187. The molecule has 0 atom stereocenters. The van der Waals surface area contributed by atoms with Gasteiger partial charge in [0.1, 0.15) is 5.75 Å². The second-order valence-corrected chi connectivity index (χ2v) is 2.40. The van der Waals surface area contributed by atoms with E-state index in [4.69, 9.17) is 4.74 Å². The molecule has 0 heterocycles. The summed E-state index contributed by atoms with van der Waals surface area (Å²) >= 11 is 0. The van der Waals surface area contributed by atoms with Crippen molar-refractivity contribution in [3.8, 4) is 5.75 Å². The number of amides is 1. The van der Waals surface area contributed by atoms with E-state index in [1.165, 1.54) is 0 Å². The van der Waals surface area contributed by atoms with Crippen molar-refractivity contribution in [1.29, 1.82) is 0 Å². The Balaban J connectivity index is 2.31. The van der Waals surface area contributed by atoms with Crippen LogP contribution < -0.4 is 15.6 Å². The van der Waals surface area contributed by atoms with E-state index in [2.05, 4.69) is 10.9 Å². The van der Waals surface area contributed by atoms with Crippen LogP contribution in [0.1, 0.15) is 0 Å². The highest BCUT2D eigenvalue weighted by Crippen LogP contribution is 2.07. The van der Waals surface area contributed by atoms with Gasteiger partial charge < -0.3 is 4.74 Å². The third-order valence-electron chi connectivity index (χ3n) is 1.38. The first kappa shape index (κ1) is 9.54. The fourth-order valence-corrected chi connectivity index (χ4v) is 0.841. The van der Waals surface area contributed by atoms with Crippen LogP contribution in [0.3, 0.4) is 0 Å². The van der Waals surface area contributed by atoms with Gasteiger partial charge in [-0.15, -0.1) is 0 Å². The fourth-order valence-electron chi connectivity index (χ4n) is 0.841. The maximum atomic E-state index is 10.9. The molecule has 0 unspecified atom stereocenters.